The second kappa shape index (κ2) is 12.0. The molecule has 1 saturated carbocycles. The quantitative estimate of drug-likeness (QED) is 0.150. The van der Waals surface area contributed by atoms with Gasteiger partial charge in [-0.1, -0.05) is 159 Å². The average molecular weight is 793 g/mol. The zero-order valence-electron chi connectivity index (χ0n) is 39.8. The van der Waals surface area contributed by atoms with Crippen molar-refractivity contribution in [3.05, 3.63) is 118 Å². The van der Waals surface area contributed by atoms with E-state index < -0.39 is 0 Å². The average Bonchev–Trinajstić information content (AvgIpc) is 3.59. The first-order valence-corrected chi connectivity index (χ1v) is 23.2. The van der Waals surface area contributed by atoms with Crippen molar-refractivity contribution in [2.24, 2.45) is 0 Å². The molecule has 2 atom stereocenters. The molecular formula is C57H69BN2. The summed E-state index contributed by atoms with van der Waals surface area (Å²) in [5, 5.41) is 2.78. The standard InChI is InChI=1S/C57H69BN2/c1-51(2,3)34-19-22-38(23-20-34)60-45-26-24-42-47(48(45)56(15)27-17-18-28-57(56,60)16)55(13,14)41-31-37(54(10,11)12)33-46-49(41)58(42)43-32-36(53(7,8)9)30-40-39-29-35(52(4,5)6)21-25-44(39)59(46)50(40)43/h19-26,29-33H,17-18,27-28H2,1-16H3. The molecule has 1 aromatic heterocycles. The summed E-state index contributed by atoms with van der Waals surface area (Å²) in [5.74, 6) is 0. The van der Waals surface area contributed by atoms with E-state index in [1.165, 1.54) is 109 Å². The minimum absolute atomic E-state index is 0.00488. The molecule has 0 N–H and O–H groups in total. The van der Waals surface area contributed by atoms with Crippen molar-refractivity contribution in [2.45, 2.75) is 174 Å². The van der Waals surface area contributed by atoms with Gasteiger partial charge in [0.15, 0.2) is 0 Å². The van der Waals surface area contributed by atoms with Crippen LogP contribution in [0.25, 0.3) is 27.5 Å². The zero-order chi connectivity index (χ0) is 43.1. The molecule has 0 spiro atoms. The predicted molar refractivity (Wildman–Crippen MR) is 262 cm³/mol. The fourth-order valence-corrected chi connectivity index (χ4v) is 12.6. The van der Waals surface area contributed by atoms with Crippen LogP contribution in [0.5, 0.6) is 0 Å². The third kappa shape index (κ3) is 5.19. The summed E-state index contributed by atoms with van der Waals surface area (Å²) in [6.07, 6.45) is 4.94. The highest BCUT2D eigenvalue weighted by molar-refractivity contribution is 6.99. The molecule has 0 bridgehead atoms. The maximum absolute atomic E-state index is 2.81. The summed E-state index contributed by atoms with van der Waals surface area (Å²) in [6, 6.07) is 32.6. The van der Waals surface area contributed by atoms with E-state index in [2.05, 4.69) is 199 Å². The van der Waals surface area contributed by atoms with Crippen LogP contribution in [0.2, 0.25) is 0 Å². The fraction of sp³-hybridized carbons (Fsp3) is 0.474. The second-order valence-corrected chi connectivity index (χ2v) is 24.7. The third-order valence-electron chi connectivity index (χ3n) is 16.4. The predicted octanol–water partition coefficient (Wildman–Crippen LogP) is 13.2. The van der Waals surface area contributed by atoms with Crippen molar-refractivity contribution in [2.75, 3.05) is 4.90 Å². The Hall–Kier alpha value is -4.24. The fourth-order valence-electron chi connectivity index (χ4n) is 12.6. The Morgan fingerprint density at radius 1 is 0.517 bits per heavy atom. The Morgan fingerprint density at radius 3 is 1.73 bits per heavy atom. The lowest BCUT2D eigenvalue weighted by Gasteiger charge is -2.51. The molecule has 3 heteroatoms. The van der Waals surface area contributed by atoms with E-state index in [0.29, 0.717) is 0 Å². The number of hydrogen-bond donors (Lipinski definition) is 0. The first-order valence-electron chi connectivity index (χ1n) is 23.2. The van der Waals surface area contributed by atoms with Crippen molar-refractivity contribution < 1.29 is 0 Å². The molecule has 6 aromatic rings. The van der Waals surface area contributed by atoms with Crippen LogP contribution in [0.3, 0.4) is 0 Å². The number of rotatable bonds is 1. The van der Waals surface area contributed by atoms with Gasteiger partial charge >= 0.3 is 0 Å². The van der Waals surface area contributed by atoms with E-state index in [4.69, 9.17) is 0 Å². The molecule has 0 radical (unpaired) electrons. The maximum Gasteiger partial charge on any atom is 0.247 e. The summed E-state index contributed by atoms with van der Waals surface area (Å²) in [6.45, 7) is 39.0. The SMILES string of the molecule is CC(C)(C)c1ccc(N2c3ccc4c(c3C3(C)CCCCC23C)C(C)(C)c2cc(C(C)(C)C)cc3c2B4c2cc(C(C)(C)C)cc4c5cc(C(C)(C)C)ccc5n-3c24)cc1. The maximum atomic E-state index is 2.81. The van der Waals surface area contributed by atoms with Gasteiger partial charge < -0.3 is 9.47 Å². The number of anilines is 2. The topological polar surface area (TPSA) is 8.17 Å². The molecule has 1 aliphatic carbocycles. The first-order chi connectivity index (χ1) is 27.8. The Balaban J connectivity index is 1.35. The smallest absolute Gasteiger partial charge is 0.247 e. The van der Waals surface area contributed by atoms with Gasteiger partial charge in [0, 0.05) is 44.2 Å². The van der Waals surface area contributed by atoms with Crippen LogP contribution < -0.4 is 21.3 Å². The van der Waals surface area contributed by atoms with E-state index in [1.807, 2.05) is 0 Å². The van der Waals surface area contributed by atoms with Gasteiger partial charge in [-0.15, -0.1) is 0 Å². The van der Waals surface area contributed by atoms with Gasteiger partial charge in [0.2, 0.25) is 6.71 Å². The lowest BCUT2D eigenvalue weighted by Crippen LogP contribution is -2.64. The Labute approximate surface area is 362 Å². The number of hydrogen-bond acceptors (Lipinski definition) is 1. The second-order valence-electron chi connectivity index (χ2n) is 24.7. The highest BCUT2D eigenvalue weighted by atomic mass is 15.3. The van der Waals surface area contributed by atoms with E-state index in [9.17, 15) is 0 Å². The summed E-state index contributed by atoms with van der Waals surface area (Å²) in [7, 11) is 0. The first kappa shape index (κ1) is 39.9. The van der Waals surface area contributed by atoms with Crippen LogP contribution >= 0.6 is 0 Å². The number of aromatic nitrogens is 1. The van der Waals surface area contributed by atoms with Gasteiger partial charge in [-0.05, 0) is 134 Å². The molecule has 1 fully saturated rings. The third-order valence-corrected chi connectivity index (χ3v) is 16.4. The molecule has 5 aromatic carbocycles. The molecule has 10 rings (SSSR count). The molecule has 0 saturated heterocycles. The van der Waals surface area contributed by atoms with Crippen molar-refractivity contribution >= 4 is 56.3 Å². The Bertz CT molecular complexity index is 2800. The Morgan fingerprint density at radius 2 is 1.10 bits per heavy atom. The van der Waals surface area contributed by atoms with Crippen LogP contribution in [0.1, 0.15) is 175 Å². The largest absolute Gasteiger partial charge is 0.334 e. The van der Waals surface area contributed by atoms with E-state index >= 15 is 0 Å². The lowest BCUT2D eigenvalue weighted by molar-refractivity contribution is 0.193. The number of fused-ring (bicyclic) bond motifs is 11. The minimum Gasteiger partial charge on any atom is -0.334 e. The zero-order valence-corrected chi connectivity index (χ0v) is 39.8. The lowest BCUT2D eigenvalue weighted by atomic mass is 9.29. The van der Waals surface area contributed by atoms with Gasteiger partial charge in [0.1, 0.15) is 0 Å². The molecule has 310 valence electrons. The van der Waals surface area contributed by atoms with E-state index in [0.717, 1.165) is 0 Å². The number of nitrogens with zero attached hydrogens (tertiary/aromatic N) is 2. The monoisotopic (exact) mass is 793 g/mol. The van der Waals surface area contributed by atoms with Gasteiger partial charge in [-0.3, -0.25) is 0 Å². The molecule has 4 heterocycles. The van der Waals surface area contributed by atoms with E-state index in [-0.39, 0.29) is 44.7 Å². The summed E-state index contributed by atoms with van der Waals surface area (Å²) >= 11 is 0. The summed E-state index contributed by atoms with van der Waals surface area (Å²) < 4.78 is 2.69. The molecule has 2 nitrogen and oxygen atoms in total. The van der Waals surface area contributed by atoms with Crippen molar-refractivity contribution in [3.63, 3.8) is 0 Å². The van der Waals surface area contributed by atoms with Crippen LogP contribution in [-0.2, 0) is 32.5 Å². The van der Waals surface area contributed by atoms with Gasteiger partial charge in [0.25, 0.3) is 0 Å². The van der Waals surface area contributed by atoms with Gasteiger partial charge in [0.05, 0.1) is 11.1 Å². The van der Waals surface area contributed by atoms with Crippen molar-refractivity contribution in [1.29, 1.82) is 0 Å². The summed E-state index contributed by atoms with van der Waals surface area (Å²) in [5.41, 5.74) is 21.6. The van der Waals surface area contributed by atoms with Crippen molar-refractivity contribution in [1.82, 2.24) is 4.57 Å². The van der Waals surface area contributed by atoms with Crippen molar-refractivity contribution in [3.8, 4) is 5.69 Å². The van der Waals surface area contributed by atoms with Crippen LogP contribution in [0.4, 0.5) is 11.4 Å². The van der Waals surface area contributed by atoms with Crippen LogP contribution in [-0.4, -0.2) is 16.8 Å². The highest BCUT2D eigenvalue weighted by Gasteiger charge is 2.61. The number of benzene rings is 5. The van der Waals surface area contributed by atoms with E-state index in [1.54, 1.807) is 11.1 Å². The summed E-state index contributed by atoms with van der Waals surface area (Å²) in [4.78, 5) is 2.81. The van der Waals surface area contributed by atoms with Crippen LogP contribution in [0, 0.1) is 0 Å². The molecule has 2 unspecified atom stereocenters. The highest BCUT2D eigenvalue weighted by Crippen LogP contribution is 2.63. The van der Waals surface area contributed by atoms with Gasteiger partial charge in [-0.25, -0.2) is 0 Å². The molecule has 3 aliphatic heterocycles. The normalized spacial score (nSPS) is 21.9. The van der Waals surface area contributed by atoms with Gasteiger partial charge in [-0.2, -0.15) is 0 Å². The Kier molecular flexibility index (Phi) is 7.99. The molecular weight excluding hydrogens is 723 g/mol. The minimum atomic E-state index is -0.226. The molecule has 4 aliphatic rings. The van der Waals surface area contributed by atoms with Crippen LogP contribution in [0.15, 0.2) is 78.9 Å². The molecule has 60 heavy (non-hydrogen) atoms. The molecule has 0 amide bonds.